The van der Waals surface area contributed by atoms with Crippen molar-refractivity contribution in [2.75, 3.05) is 19.5 Å². The van der Waals surface area contributed by atoms with E-state index in [-0.39, 0.29) is 18.4 Å². The molecule has 0 spiro atoms. The summed E-state index contributed by atoms with van der Waals surface area (Å²) in [6.45, 7) is 0.0880. The standard InChI is InChI=1S/C7H17NO4S/c1-12-13(10,11)6-4-7(8)3-2-5-9/h7,9H,2-6,8H2,1H3. The first-order valence-corrected chi connectivity index (χ1v) is 5.74. The van der Waals surface area contributed by atoms with Crippen molar-refractivity contribution in [3.8, 4) is 0 Å². The van der Waals surface area contributed by atoms with Crippen molar-refractivity contribution in [2.24, 2.45) is 5.73 Å². The van der Waals surface area contributed by atoms with Gasteiger partial charge in [-0.3, -0.25) is 4.18 Å². The van der Waals surface area contributed by atoms with Gasteiger partial charge in [-0.1, -0.05) is 0 Å². The van der Waals surface area contributed by atoms with Gasteiger partial charge in [-0.05, 0) is 19.3 Å². The smallest absolute Gasteiger partial charge is 0.267 e. The lowest BCUT2D eigenvalue weighted by Crippen LogP contribution is -2.24. The van der Waals surface area contributed by atoms with Crippen LogP contribution >= 0.6 is 0 Å². The monoisotopic (exact) mass is 211 g/mol. The Balaban J connectivity index is 3.63. The van der Waals surface area contributed by atoms with Gasteiger partial charge in [0.25, 0.3) is 10.1 Å². The molecule has 0 aromatic carbocycles. The molecule has 0 heterocycles. The van der Waals surface area contributed by atoms with Crippen molar-refractivity contribution in [1.29, 1.82) is 0 Å². The minimum atomic E-state index is -3.38. The zero-order valence-electron chi connectivity index (χ0n) is 7.77. The molecule has 0 fully saturated rings. The molecule has 0 saturated heterocycles. The second kappa shape index (κ2) is 6.31. The zero-order valence-corrected chi connectivity index (χ0v) is 8.59. The van der Waals surface area contributed by atoms with Crippen molar-refractivity contribution >= 4 is 10.1 Å². The van der Waals surface area contributed by atoms with Crippen LogP contribution in [0.3, 0.4) is 0 Å². The summed E-state index contributed by atoms with van der Waals surface area (Å²) in [5.74, 6) is -0.0594. The normalized spacial score (nSPS) is 14.4. The molecule has 5 nitrogen and oxygen atoms in total. The summed E-state index contributed by atoms with van der Waals surface area (Å²) in [6.07, 6.45) is 1.61. The molecule has 0 aromatic heterocycles. The SMILES string of the molecule is COS(=O)(=O)CCC(N)CCCO. The summed E-state index contributed by atoms with van der Waals surface area (Å²) < 4.78 is 26.0. The van der Waals surface area contributed by atoms with E-state index >= 15 is 0 Å². The maximum absolute atomic E-state index is 10.9. The van der Waals surface area contributed by atoms with Gasteiger partial charge in [-0.15, -0.1) is 0 Å². The highest BCUT2D eigenvalue weighted by Crippen LogP contribution is 2.02. The molecule has 0 saturated carbocycles. The quantitative estimate of drug-likeness (QED) is 0.552. The Hall–Kier alpha value is -0.170. The van der Waals surface area contributed by atoms with Gasteiger partial charge >= 0.3 is 0 Å². The average Bonchev–Trinajstić information content (AvgIpc) is 2.11. The maximum atomic E-state index is 10.9. The molecule has 6 heteroatoms. The van der Waals surface area contributed by atoms with Crippen molar-refractivity contribution < 1.29 is 17.7 Å². The Labute approximate surface area is 79.0 Å². The van der Waals surface area contributed by atoms with E-state index in [4.69, 9.17) is 10.8 Å². The summed E-state index contributed by atoms with van der Waals surface area (Å²) >= 11 is 0. The van der Waals surface area contributed by atoms with Gasteiger partial charge in [0, 0.05) is 12.6 Å². The lowest BCUT2D eigenvalue weighted by atomic mass is 10.1. The Morgan fingerprint density at radius 1 is 1.46 bits per heavy atom. The number of hydrogen-bond acceptors (Lipinski definition) is 5. The first-order valence-electron chi connectivity index (χ1n) is 4.16. The second-order valence-corrected chi connectivity index (χ2v) is 4.70. The lowest BCUT2D eigenvalue weighted by molar-refractivity contribution is 0.279. The van der Waals surface area contributed by atoms with Gasteiger partial charge < -0.3 is 10.8 Å². The molecule has 0 aromatic rings. The highest BCUT2D eigenvalue weighted by atomic mass is 32.2. The van der Waals surface area contributed by atoms with Crippen LogP contribution in [0.2, 0.25) is 0 Å². The Morgan fingerprint density at radius 2 is 2.08 bits per heavy atom. The second-order valence-electron chi connectivity index (χ2n) is 2.84. The van der Waals surface area contributed by atoms with Crippen molar-refractivity contribution in [1.82, 2.24) is 0 Å². The van der Waals surface area contributed by atoms with E-state index < -0.39 is 10.1 Å². The Kier molecular flexibility index (Phi) is 6.23. The fraction of sp³-hybridized carbons (Fsp3) is 1.00. The molecular formula is C7H17NO4S. The van der Waals surface area contributed by atoms with Gasteiger partial charge in [0.2, 0.25) is 0 Å². The van der Waals surface area contributed by atoms with Crippen LogP contribution in [0.15, 0.2) is 0 Å². The summed E-state index contributed by atoms with van der Waals surface area (Å²) in [7, 11) is -2.25. The molecule has 0 aliphatic rings. The predicted molar refractivity (Wildman–Crippen MR) is 49.7 cm³/mol. The molecule has 13 heavy (non-hydrogen) atoms. The fourth-order valence-corrected chi connectivity index (χ4v) is 1.63. The minimum absolute atomic E-state index is 0.0594. The molecule has 0 radical (unpaired) electrons. The van der Waals surface area contributed by atoms with Gasteiger partial charge in [-0.25, -0.2) is 0 Å². The summed E-state index contributed by atoms with van der Waals surface area (Å²) in [6, 6.07) is -0.183. The Morgan fingerprint density at radius 3 is 2.54 bits per heavy atom. The number of nitrogens with two attached hydrogens (primary N) is 1. The van der Waals surface area contributed by atoms with Gasteiger partial charge in [0.1, 0.15) is 0 Å². The molecule has 0 rings (SSSR count). The highest BCUT2D eigenvalue weighted by molar-refractivity contribution is 7.86. The first-order chi connectivity index (χ1) is 6.02. The van der Waals surface area contributed by atoms with E-state index in [1.54, 1.807) is 0 Å². The van der Waals surface area contributed by atoms with E-state index in [1.807, 2.05) is 0 Å². The first kappa shape index (κ1) is 12.8. The Bertz CT molecular complexity index is 215. The number of aliphatic hydroxyl groups is 1. The minimum Gasteiger partial charge on any atom is -0.396 e. The van der Waals surface area contributed by atoms with Gasteiger partial charge in [0.05, 0.1) is 12.9 Å². The van der Waals surface area contributed by atoms with E-state index in [2.05, 4.69) is 4.18 Å². The zero-order chi connectivity index (χ0) is 10.3. The molecule has 80 valence electrons. The van der Waals surface area contributed by atoms with Crippen LogP contribution in [0.4, 0.5) is 0 Å². The number of aliphatic hydroxyl groups excluding tert-OH is 1. The molecule has 1 unspecified atom stereocenters. The third-order valence-corrected chi connectivity index (χ3v) is 2.97. The topological polar surface area (TPSA) is 89.6 Å². The number of hydrogen-bond donors (Lipinski definition) is 2. The molecule has 0 amide bonds. The fourth-order valence-electron chi connectivity index (χ4n) is 0.877. The molecule has 0 bridgehead atoms. The summed E-state index contributed by atoms with van der Waals surface area (Å²) in [5, 5.41) is 8.49. The molecule has 3 N–H and O–H groups in total. The third-order valence-electron chi connectivity index (χ3n) is 1.73. The average molecular weight is 211 g/mol. The maximum Gasteiger partial charge on any atom is 0.267 e. The summed E-state index contributed by atoms with van der Waals surface area (Å²) in [4.78, 5) is 0. The molecule has 1 atom stereocenters. The van der Waals surface area contributed by atoms with Crippen molar-refractivity contribution in [3.63, 3.8) is 0 Å². The van der Waals surface area contributed by atoms with E-state index in [0.29, 0.717) is 19.3 Å². The molecule has 0 aliphatic heterocycles. The van der Waals surface area contributed by atoms with Crippen molar-refractivity contribution in [2.45, 2.75) is 25.3 Å². The van der Waals surface area contributed by atoms with Crippen LogP contribution in [0, 0.1) is 0 Å². The lowest BCUT2D eigenvalue weighted by Gasteiger charge is -2.09. The number of rotatable bonds is 7. The van der Waals surface area contributed by atoms with Crippen LogP contribution in [0.1, 0.15) is 19.3 Å². The highest BCUT2D eigenvalue weighted by Gasteiger charge is 2.11. The van der Waals surface area contributed by atoms with E-state index in [1.165, 1.54) is 0 Å². The van der Waals surface area contributed by atoms with Gasteiger partial charge in [-0.2, -0.15) is 8.42 Å². The van der Waals surface area contributed by atoms with Crippen LogP contribution in [-0.4, -0.2) is 39.0 Å². The molecule has 0 aliphatic carbocycles. The van der Waals surface area contributed by atoms with Crippen molar-refractivity contribution in [3.05, 3.63) is 0 Å². The molecular weight excluding hydrogens is 194 g/mol. The van der Waals surface area contributed by atoms with Gasteiger partial charge in [0.15, 0.2) is 0 Å². The predicted octanol–water partition coefficient (Wildman–Crippen LogP) is -0.547. The van der Waals surface area contributed by atoms with E-state index in [0.717, 1.165) is 7.11 Å². The summed E-state index contributed by atoms with van der Waals surface area (Å²) in [5.41, 5.74) is 5.59. The van der Waals surface area contributed by atoms with Crippen LogP contribution in [0.5, 0.6) is 0 Å². The van der Waals surface area contributed by atoms with Crippen LogP contribution in [-0.2, 0) is 14.3 Å². The van der Waals surface area contributed by atoms with E-state index in [9.17, 15) is 8.42 Å². The van der Waals surface area contributed by atoms with Crippen LogP contribution in [0.25, 0.3) is 0 Å². The third kappa shape index (κ3) is 6.94. The van der Waals surface area contributed by atoms with Crippen LogP contribution < -0.4 is 5.73 Å². The largest absolute Gasteiger partial charge is 0.396 e.